The second-order valence-corrected chi connectivity index (χ2v) is 5.82. The minimum Gasteiger partial charge on any atom is -0.355 e. The highest BCUT2D eigenvalue weighted by molar-refractivity contribution is 9.10. The molecule has 1 fully saturated rings. The monoisotopic (exact) mass is 325 g/mol. The zero-order chi connectivity index (χ0) is 13.8. The number of benzene rings is 1. The summed E-state index contributed by atoms with van der Waals surface area (Å²) < 4.78 is 1.07. The Labute approximate surface area is 122 Å². The summed E-state index contributed by atoms with van der Waals surface area (Å²) in [5.74, 6) is 0.123. The molecule has 4 nitrogen and oxygen atoms in total. The van der Waals surface area contributed by atoms with Crippen molar-refractivity contribution in [2.45, 2.75) is 25.4 Å². The van der Waals surface area contributed by atoms with Crippen LogP contribution in [0.15, 0.2) is 28.7 Å². The molecule has 2 atom stereocenters. The van der Waals surface area contributed by atoms with Crippen molar-refractivity contribution in [3.05, 3.63) is 34.3 Å². The van der Waals surface area contributed by atoms with Gasteiger partial charge < -0.3 is 11.1 Å². The molecule has 1 saturated heterocycles. The molecular weight excluding hydrogens is 306 g/mol. The van der Waals surface area contributed by atoms with Gasteiger partial charge in [0.05, 0.1) is 6.04 Å². The smallest absolute Gasteiger partial charge is 0.221 e. The van der Waals surface area contributed by atoms with E-state index >= 15 is 0 Å². The maximum Gasteiger partial charge on any atom is 0.221 e. The van der Waals surface area contributed by atoms with E-state index in [2.05, 4.69) is 32.2 Å². The molecule has 5 heteroatoms. The number of nitrogens with zero attached hydrogens (tertiary/aromatic N) is 1. The molecule has 1 aromatic rings. The first-order valence-electron chi connectivity index (χ1n) is 6.60. The third-order valence-corrected chi connectivity index (χ3v) is 4.18. The van der Waals surface area contributed by atoms with Crippen LogP contribution < -0.4 is 11.1 Å². The Balaban J connectivity index is 2.25. The average molecular weight is 326 g/mol. The van der Waals surface area contributed by atoms with Gasteiger partial charge in [-0.25, -0.2) is 0 Å². The van der Waals surface area contributed by atoms with Crippen molar-refractivity contribution in [3.63, 3.8) is 0 Å². The molecule has 1 aliphatic heterocycles. The Morgan fingerprint density at radius 1 is 1.37 bits per heavy atom. The van der Waals surface area contributed by atoms with Crippen LogP contribution >= 0.6 is 15.9 Å². The highest BCUT2D eigenvalue weighted by Crippen LogP contribution is 2.30. The first-order chi connectivity index (χ1) is 9.09. The van der Waals surface area contributed by atoms with E-state index in [1.165, 1.54) is 5.56 Å². The van der Waals surface area contributed by atoms with Gasteiger partial charge in [0.25, 0.3) is 0 Å². The summed E-state index contributed by atoms with van der Waals surface area (Å²) in [6, 6.07) is 8.29. The second kappa shape index (κ2) is 6.50. The second-order valence-electron chi connectivity index (χ2n) is 4.96. The van der Waals surface area contributed by atoms with Gasteiger partial charge in [0, 0.05) is 36.6 Å². The van der Waals surface area contributed by atoms with E-state index in [0.29, 0.717) is 13.0 Å². The number of carbonyl (C=O) groups is 1. The van der Waals surface area contributed by atoms with E-state index in [-0.39, 0.29) is 18.0 Å². The molecule has 1 aromatic carbocycles. The van der Waals surface area contributed by atoms with E-state index in [1.54, 1.807) is 0 Å². The summed E-state index contributed by atoms with van der Waals surface area (Å²) in [6.45, 7) is 4.29. The van der Waals surface area contributed by atoms with Crippen molar-refractivity contribution >= 4 is 21.8 Å². The van der Waals surface area contributed by atoms with Gasteiger partial charge in [-0.15, -0.1) is 0 Å². The topological polar surface area (TPSA) is 58.4 Å². The molecule has 0 saturated carbocycles. The van der Waals surface area contributed by atoms with Gasteiger partial charge >= 0.3 is 0 Å². The van der Waals surface area contributed by atoms with Crippen LogP contribution in [0.5, 0.6) is 0 Å². The van der Waals surface area contributed by atoms with E-state index in [4.69, 9.17) is 5.73 Å². The number of hydrogen-bond donors (Lipinski definition) is 2. The Morgan fingerprint density at radius 3 is 2.79 bits per heavy atom. The molecule has 2 rings (SSSR count). The van der Waals surface area contributed by atoms with Crippen LogP contribution in [-0.4, -0.2) is 36.5 Å². The van der Waals surface area contributed by atoms with Crippen molar-refractivity contribution in [1.82, 2.24) is 10.2 Å². The Bertz CT molecular complexity index is 450. The summed E-state index contributed by atoms with van der Waals surface area (Å²) in [5.41, 5.74) is 7.37. The molecule has 1 aliphatic rings. The lowest BCUT2D eigenvalue weighted by molar-refractivity contribution is -0.120. The summed E-state index contributed by atoms with van der Waals surface area (Å²) in [5, 5.41) is 2.90. The van der Waals surface area contributed by atoms with Gasteiger partial charge in [-0.2, -0.15) is 0 Å². The summed E-state index contributed by atoms with van der Waals surface area (Å²) >= 11 is 3.60. The molecule has 1 amide bonds. The Kier molecular flexibility index (Phi) is 4.96. The number of amides is 1. The van der Waals surface area contributed by atoms with E-state index < -0.39 is 0 Å². The van der Waals surface area contributed by atoms with Gasteiger partial charge in [-0.1, -0.05) is 34.1 Å². The molecule has 0 aliphatic carbocycles. The minimum atomic E-state index is 0.00639. The molecule has 19 heavy (non-hydrogen) atoms. The lowest BCUT2D eigenvalue weighted by atomic mass is 9.99. The van der Waals surface area contributed by atoms with Gasteiger partial charge in [0.2, 0.25) is 5.91 Å². The third kappa shape index (κ3) is 3.55. The fourth-order valence-electron chi connectivity index (χ4n) is 2.59. The van der Waals surface area contributed by atoms with Crippen molar-refractivity contribution in [3.8, 4) is 0 Å². The molecular formula is C14H20BrN3O. The Morgan fingerprint density at radius 2 is 2.11 bits per heavy atom. The first kappa shape index (κ1) is 14.5. The zero-order valence-electron chi connectivity index (χ0n) is 11.1. The third-order valence-electron chi connectivity index (χ3n) is 3.46. The molecule has 3 N–H and O–H groups in total. The van der Waals surface area contributed by atoms with Crippen LogP contribution in [0.1, 0.15) is 24.9 Å². The summed E-state index contributed by atoms with van der Waals surface area (Å²) in [4.78, 5) is 13.7. The molecule has 2 unspecified atom stereocenters. The van der Waals surface area contributed by atoms with Crippen molar-refractivity contribution < 1.29 is 4.79 Å². The normalized spacial score (nSPS) is 20.5. The average Bonchev–Trinajstić information content (AvgIpc) is 2.57. The number of hydrogen-bond acceptors (Lipinski definition) is 3. The molecule has 0 aromatic heterocycles. The molecule has 1 heterocycles. The van der Waals surface area contributed by atoms with Gasteiger partial charge in [0.1, 0.15) is 0 Å². The zero-order valence-corrected chi connectivity index (χ0v) is 12.7. The van der Waals surface area contributed by atoms with Gasteiger partial charge in [0.15, 0.2) is 0 Å². The first-order valence-corrected chi connectivity index (χ1v) is 7.39. The number of nitrogens with two attached hydrogens (primary N) is 1. The van der Waals surface area contributed by atoms with E-state index in [1.807, 2.05) is 25.1 Å². The molecule has 0 spiro atoms. The van der Waals surface area contributed by atoms with Gasteiger partial charge in [-0.3, -0.25) is 9.69 Å². The highest BCUT2D eigenvalue weighted by Gasteiger charge is 2.27. The number of nitrogens with one attached hydrogen (secondary N) is 1. The highest BCUT2D eigenvalue weighted by atomic mass is 79.9. The molecule has 104 valence electrons. The van der Waals surface area contributed by atoms with Crippen LogP contribution in [0.3, 0.4) is 0 Å². The van der Waals surface area contributed by atoms with Crippen LogP contribution in [0, 0.1) is 0 Å². The van der Waals surface area contributed by atoms with E-state index in [9.17, 15) is 4.79 Å². The number of carbonyl (C=O) groups excluding carboxylic acids is 1. The van der Waals surface area contributed by atoms with Crippen molar-refractivity contribution in [2.24, 2.45) is 5.73 Å². The SMILES string of the molecule is CC(N)C(c1ccccc1Br)N1CCNC(=O)CC1. The minimum absolute atomic E-state index is 0.00639. The lowest BCUT2D eigenvalue weighted by Crippen LogP contribution is -2.41. The predicted molar refractivity (Wildman–Crippen MR) is 79.7 cm³/mol. The fourth-order valence-corrected chi connectivity index (χ4v) is 3.11. The molecule has 0 bridgehead atoms. The fraction of sp³-hybridized carbons (Fsp3) is 0.500. The van der Waals surface area contributed by atoms with Crippen LogP contribution in [0.25, 0.3) is 0 Å². The Hall–Kier alpha value is -0.910. The van der Waals surface area contributed by atoms with Crippen LogP contribution in [0.4, 0.5) is 0 Å². The maximum atomic E-state index is 11.4. The van der Waals surface area contributed by atoms with Crippen LogP contribution in [-0.2, 0) is 4.79 Å². The number of rotatable bonds is 3. The number of halogens is 1. The quantitative estimate of drug-likeness (QED) is 0.888. The van der Waals surface area contributed by atoms with Crippen molar-refractivity contribution in [2.75, 3.05) is 19.6 Å². The van der Waals surface area contributed by atoms with Crippen molar-refractivity contribution in [1.29, 1.82) is 0 Å². The maximum absolute atomic E-state index is 11.4. The van der Waals surface area contributed by atoms with E-state index in [0.717, 1.165) is 17.6 Å². The van der Waals surface area contributed by atoms with Gasteiger partial charge in [-0.05, 0) is 18.6 Å². The molecule has 0 radical (unpaired) electrons. The lowest BCUT2D eigenvalue weighted by Gasteiger charge is -2.34. The largest absolute Gasteiger partial charge is 0.355 e. The summed E-state index contributed by atoms with van der Waals surface area (Å²) in [7, 11) is 0. The standard InChI is InChI=1S/C14H20BrN3O/c1-10(16)14(11-4-2-3-5-12(11)15)18-8-6-13(19)17-7-9-18/h2-5,10,14H,6-9,16H2,1H3,(H,17,19). The predicted octanol–water partition coefficient (Wildman–Crippen LogP) is 1.66. The summed E-state index contributed by atoms with van der Waals surface area (Å²) in [6.07, 6.45) is 0.535. The van der Waals surface area contributed by atoms with Crippen LogP contribution in [0.2, 0.25) is 0 Å².